The molecule has 3 rings (SSSR count). The minimum atomic E-state index is -0.459. The number of hydrazone groups is 1. The summed E-state index contributed by atoms with van der Waals surface area (Å²) in [4.78, 5) is 24.6. The third kappa shape index (κ3) is 5.26. The molecule has 150 valence electrons. The van der Waals surface area contributed by atoms with Crippen molar-refractivity contribution in [1.29, 1.82) is 0 Å². The van der Waals surface area contributed by atoms with Crippen LogP contribution in [0.2, 0.25) is 0 Å². The fraction of sp³-hybridized carbons (Fsp3) is 0.105. The van der Waals surface area contributed by atoms with Gasteiger partial charge in [0.25, 0.3) is 11.5 Å². The van der Waals surface area contributed by atoms with Crippen LogP contribution >= 0.6 is 47.8 Å². The maximum atomic E-state index is 12.6. The first kappa shape index (κ1) is 21.5. The lowest BCUT2D eigenvalue weighted by Crippen LogP contribution is -2.25. The summed E-state index contributed by atoms with van der Waals surface area (Å²) in [6.45, 7) is 1.52. The van der Waals surface area contributed by atoms with E-state index in [1.165, 1.54) is 10.9 Å². The Balaban J connectivity index is 1.64. The number of amides is 1. The molecule has 0 saturated heterocycles. The van der Waals surface area contributed by atoms with Gasteiger partial charge in [0, 0.05) is 10.2 Å². The van der Waals surface area contributed by atoms with E-state index in [2.05, 4.69) is 63.4 Å². The maximum Gasteiger partial charge on any atom is 0.280 e. The number of aromatic nitrogens is 2. The number of nitrogens with one attached hydrogen (secondary N) is 2. The summed E-state index contributed by atoms with van der Waals surface area (Å²) in [7, 11) is 0. The summed E-state index contributed by atoms with van der Waals surface area (Å²) in [5, 5.41) is 6.86. The monoisotopic (exact) mass is 584 g/mol. The second-order valence-corrected chi connectivity index (χ2v) is 8.53. The molecule has 0 saturated carbocycles. The van der Waals surface area contributed by atoms with Gasteiger partial charge in [-0.25, -0.2) is 10.1 Å². The minimum Gasteiger partial charge on any atom is -0.481 e. The first-order valence-corrected chi connectivity index (χ1v) is 10.7. The van der Waals surface area contributed by atoms with E-state index in [1.54, 1.807) is 6.92 Å². The molecular weight excluding hydrogens is 572 g/mol. The molecule has 0 spiro atoms. The number of nitrogens with zero attached hydrogens (tertiary/aromatic N) is 2. The Morgan fingerprint density at radius 2 is 1.86 bits per heavy atom. The lowest BCUT2D eigenvalue weighted by atomic mass is 10.3. The first-order valence-electron chi connectivity index (χ1n) is 8.33. The van der Waals surface area contributed by atoms with Crippen molar-refractivity contribution in [2.45, 2.75) is 6.92 Å². The van der Waals surface area contributed by atoms with Gasteiger partial charge in [0.05, 0.1) is 26.4 Å². The average Bonchev–Trinajstić information content (AvgIpc) is 2.96. The molecule has 0 aliphatic carbocycles. The number of carbonyl (C=O) groups excluding carboxylic acids is 1. The fourth-order valence-corrected chi connectivity index (χ4v) is 4.96. The van der Waals surface area contributed by atoms with Gasteiger partial charge in [0.1, 0.15) is 5.75 Å². The highest BCUT2D eigenvalue weighted by Crippen LogP contribution is 2.36. The second kappa shape index (κ2) is 9.55. The summed E-state index contributed by atoms with van der Waals surface area (Å²) in [5.74, 6) is 0.0408. The Morgan fingerprint density at radius 3 is 2.52 bits per heavy atom. The molecule has 1 heterocycles. The van der Waals surface area contributed by atoms with E-state index in [4.69, 9.17) is 4.74 Å². The van der Waals surface area contributed by atoms with E-state index in [9.17, 15) is 9.59 Å². The van der Waals surface area contributed by atoms with Crippen LogP contribution in [0.4, 0.5) is 0 Å². The van der Waals surface area contributed by atoms with Gasteiger partial charge < -0.3 is 4.74 Å². The van der Waals surface area contributed by atoms with Gasteiger partial charge >= 0.3 is 0 Å². The Hall–Kier alpha value is -2.17. The minimum absolute atomic E-state index is 0.240. The zero-order valence-corrected chi connectivity index (χ0v) is 19.8. The molecule has 0 unspecified atom stereocenters. The number of hydrogen-bond donors (Lipinski definition) is 2. The zero-order valence-electron chi connectivity index (χ0n) is 15.1. The van der Waals surface area contributed by atoms with Crippen LogP contribution < -0.4 is 15.7 Å². The van der Waals surface area contributed by atoms with Gasteiger partial charge in [-0.1, -0.05) is 34.1 Å². The molecule has 0 atom stereocenters. The number of benzene rings is 2. The van der Waals surface area contributed by atoms with Crippen molar-refractivity contribution in [3.8, 4) is 11.4 Å². The lowest BCUT2D eigenvalue weighted by Gasteiger charge is -2.09. The number of aryl methyl sites for hydroxylation is 1. The van der Waals surface area contributed by atoms with Gasteiger partial charge in [-0.3, -0.25) is 14.7 Å². The molecule has 1 amide bonds. The summed E-state index contributed by atoms with van der Waals surface area (Å²) in [6.07, 6.45) is 1.32. The predicted molar refractivity (Wildman–Crippen MR) is 122 cm³/mol. The quantitative estimate of drug-likeness (QED) is 0.334. The molecule has 1 aromatic heterocycles. The summed E-state index contributed by atoms with van der Waals surface area (Å²) < 4.78 is 9.19. The summed E-state index contributed by atoms with van der Waals surface area (Å²) >= 11 is 10.1. The van der Waals surface area contributed by atoms with Gasteiger partial charge in [-0.15, -0.1) is 0 Å². The highest BCUT2D eigenvalue weighted by Gasteiger charge is 2.12. The normalized spacial score (nSPS) is 11.0. The summed E-state index contributed by atoms with van der Waals surface area (Å²) in [5.41, 5.74) is 3.80. The molecule has 0 fully saturated rings. The molecule has 2 aromatic carbocycles. The van der Waals surface area contributed by atoms with E-state index < -0.39 is 5.91 Å². The molecule has 0 aliphatic heterocycles. The highest BCUT2D eigenvalue weighted by atomic mass is 79.9. The summed E-state index contributed by atoms with van der Waals surface area (Å²) in [6, 6.07) is 12.8. The fourth-order valence-electron chi connectivity index (χ4n) is 2.48. The number of aromatic amines is 1. The van der Waals surface area contributed by atoms with Crippen LogP contribution in [0.5, 0.6) is 5.75 Å². The number of ether oxygens (including phenoxy) is 1. The molecule has 0 bridgehead atoms. The number of para-hydroxylation sites is 1. The van der Waals surface area contributed by atoms with Crippen molar-refractivity contribution >= 4 is 59.9 Å². The number of rotatable bonds is 6. The van der Waals surface area contributed by atoms with Gasteiger partial charge in [0.2, 0.25) is 0 Å². The molecule has 29 heavy (non-hydrogen) atoms. The highest BCUT2D eigenvalue weighted by molar-refractivity contribution is 9.11. The van der Waals surface area contributed by atoms with E-state index >= 15 is 0 Å². The average molecular weight is 587 g/mol. The molecular formula is C19H15Br3N4O3. The Labute approximate surface area is 191 Å². The Morgan fingerprint density at radius 1 is 1.21 bits per heavy atom. The third-order valence-electron chi connectivity index (χ3n) is 3.82. The number of H-pyrrole nitrogens is 1. The van der Waals surface area contributed by atoms with Gasteiger partial charge in [-0.2, -0.15) is 5.10 Å². The number of hydrogen-bond acceptors (Lipinski definition) is 4. The third-order valence-corrected chi connectivity index (χ3v) is 5.46. The van der Waals surface area contributed by atoms with Gasteiger partial charge in [0.15, 0.2) is 6.61 Å². The molecule has 0 aliphatic rings. The van der Waals surface area contributed by atoms with Crippen LogP contribution in [0.1, 0.15) is 11.3 Å². The van der Waals surface area contributed by atoms with Gasteiger partial charge in [-0.05, 0) is 63.0 Å². The first-order chi connectivity index (χ1) is 13.9. The smallest absolute Gasteiger partial charge is 0.280 e. The van der Waals surface area contributed by atoms with Crippen LogP contribution in [0.3, 0.4) is 0 Å². The molecule has 0 radical (unpaired) electrons. The number of carbonyl (C=O) groups is 1. The van der Waals surface area contributed by atoms with E-state index in [-0.39, 0.29) is 12.2 Å². The van der Waals surface area contributed by atoms with Crippen LogP contribution in [-0.4, -0.2) is 28.5 Å². The standard InChI is InChI=1S/C19H15Br3N4O3/c1-11-14(19(28)26(25-11)13-5-3-2-4-6-13)9-23-24-17(27)10-29-18-15(21)7-12(20)8-16(18)22/h2-9,25H,10H2,1H3,(H,24,27)/b23-9-. The van der Waals surface area contributed by atoms with Crippen molar-refractivity contribution in [3.63, 3.8) is 0 Å². The molecule has 2 N–H and O–H groups in total. The molecule has 3 aromatic rings. The van der Waals surface area contributed by atoms with Crippen molar-refractivity contribution in [3.05, 3.63) is 77.5 Å². The zero-order chi connectivity index (χ0) is 21.0. The predicted octanol–water partition coefficient (Wildman–Crippen LogP) is 4.29. The Kier molecular flexibility index (Phi) is 7.09. The van der Waals surface area contributed by atoms with Crippen LogP contribution in [0, 0.1) is 6.92 Å². The van der Waals surface area contributed by atoms with Crippen LogP contribution in [-0.2, 0) is 4.79 Å². The topological polar surface area (TPSA) is 88.5 Å². The maximum absolute atomic E-state index is 12.6. The lowest BCUT2D eigenvalue weighted by molar-refractivity contribution is -0.123. The molecule has 7 nitrogen and oxygen atoms in total. The van der Waals surface area contributed by atoms with Crippen molar-refractivity contribution in [2.24, 2.45) is 5.10 Å². The SMILES string of the molecule is Cc1[nH]n(-c2ccccc2)c(=O)c1/C=N\NC(=O)COc1c(Br)cc(Br)cc1Br. The molecule has 10 heteroatoms. The van der Waals surface area contributed by atoms with E-state index in [0.717, 1.165) is 4.47 Å². The van der Waals surface area contributed by atoms with Crippen molar-refractivity contribution < 1.29 is 9.53 Å². The Bertz CT molecular complexity index is 1100. The second-order valence-electron chi connectivity index (χ2n) is 5.91. The van der Waals surface area contributed by atoms with E-state index in [0.29, 0.717) is 31.6 Å². The number of halogens is 3. The van der Waals surface area contributed by atoms with Crippen molar-refractivity contribution in [2.75, 3.05) is 6.61 Å². The van der Waals surface area contributed by atoms with Crippen LogP contribution in [0.15, 0.2) is 65.8 Å². The van der Waals surface area contributed by atoms with Crippen LogP contribution in [0.25, 0.3) is 5.69 Å². The largest absolute Gasteiger partial charge is 0.481 e. The van der Waals surface area contributed by atoms with Crippen molar-refractivity contribution in [1.82, 2.24) is 15.2 Å². The van der Waals surface area contributed by atoms with E-state index in [1.807, 2.05) is 42.5 Å².